The second-order valence-electron chi connectivity index (χ2n) is 5.90. The molecule has 23 heavy (non-hydrogen) atoms. The molecule has 2 aromatic rings. The van der Waals surface area contributed by atoms with Gasteiger partial charge in [0.2, 0.25) is 0 Å². The van der Waals surface area contributed by atoms with Crippen LogP contribution in [-0.2, 0) is 0 Å². The van der Waals surface area contributed by atoms with Gasteiger partial charge in [0.1, 0.15) is 0 Å². The second-order valence-corrected chi connectivity index (χ2v) is 6.34. The summed E-state index contributed by atoms with van der Waals surface area (Å²) in [5.74, 6) is 0. The summed E-state index contributed by atoms with van der Waals surface area (Å²) in [5.41, 5.74) is 6.00. The molecule has 1 atom stereocenters. The molecule has 0 bridgehead atoms. The molecule has 0 amide bonds. The predicted octanol–water partition coefficient (Wildman–Crippen LogP) is 5.09. The van der Waals surface area contributed by atoms with Gasteiger partial charge in [-0.05, 0) is 43.0 Å². The quantitative estimate of drug-likeness (QED) is 0.788. The summed E-state index contributed by atoms with van der Waals surface area (Å²) in [7, 11) is 4.09. The van der Waals surface area contributed by atoms with Gasteiger partial charge in [-0.1, -0.05) is 48.9 Å². The van der Waals surface area contributed by atoms with Gasteiger partial charge in [-0.2, -0.15) is 0 Å². The van der Waals surface area contributed by atoms with Crippen LogP contribution >= 0.6 is 11.6 Å². The summed E-state index contributed by atoms with van der Waals surface area (Å²) < 4.78 is 0. The molecular weight excluding hydrogens is 306 g/mol. The van der Waals surface area contributed by atoms with Crippen molar-refractivity contribution in [1.82, 2.24) is 0 Å². The van der Waals surface area contributed by atoms with E-state index in [1.807, 2.05) is 33.2 Å². The molecule has 0 fully saturated rings. The van der Waals surface area contributed by atoms with E-state index in [4.69, 9.17) is 16.7 Å². The second kappa shape index (κ2) is 9.59. The van der Waals surface area contributed by atoms with Crippen LogP contribution in [0, 0.1) is 13.8 Å². The van der Waals surface area contributed by atoms with Crippen molar-refractivity contribution < 1.29 is 5.11 Å². The maximum atomic E-state index is 7.88. The highest BCUT2D eigenvalue weighted by molar-refractivity contribution is 6.23. The molecule has 0 aromatic heterocycles. The van der Waals surface area contributed by atoms with Gasteiger partial charge in [0.25, 0.3) is 0 Å². The van der Waals surface area contributed by atoms with Crippen LogP contribution in [0.3, 0.4) is 0 Å². The molecule has 2 rings (SSSR count). The van der Waals surface area contributed by atoms with Crippen LogP contribution in [0.5, 0.6) is 0 Å². The molecule has 126 valence electrons. The number of anilines is 1. The average Bonchev–Trinajstić information content (AvgIpc) is 2.56. The van der Waals surface area contributed by atoms with E-state index in [1.54, 1.807) is 0 Å². The molecule has 0 saturated carbocycles. The highest BCUT2D eigenvalue weighted by atomic mass is 35.5. The monoisotopic (exact) mass is 333 g/mol. The van der Waals surface area contributed by atoms with Crippen LogP contribution in [0.4, 0.5) is 5.69 Å². The van der Waals surface area contributed by atoms with Crippen molar-refractivity contribution in [2.45, 2.75) is 32.6 Å². The fourth-order valence-electron chi connectivity index (χ4n) is 2.31. The SMILES string of the molecule is CCCO.Cc1ccc(C)c(C(Cl)c2ccccc2N(C)C)c1. The van der Waals surface area contributed by atoms with E-state index in [0.29, 0.717) is 6.61 Å². The summed E-state index contributed by atoms with van der Waals surface area (Å²) in [6.45, 7) is 6.47. The number of halogens is 1. The smallest absolute Gasteiger partial charge is 0.0858 e. The molecule has 3 heteroatoms. The summed E-state index contributed by atoms with van der Waals surface area (Å²) in [6, 6.07) is 14.7. The molecule has 0 aliphatic rings. The Balaban J connectivity index is 0.000000593. The van der Waals surface area contributed by atoms with Crippen molar-refractivity contribution in [1.29, 1.82) is 0 Å². The largest absolute Gasteiger partial charge is 0.396 e. The van der Waals surface area contributed by atoms with E-state index in [1.165, 1.54) is 22.4 Å². The zero-order valence-corrected chi connectivity index (χ0v) is 15.6. The van der Waals surface area contributed by atoms with Crippen molar-refractivity contribution in [3.8, 4) is 0 Å². The lowest BCUT2D eigenvalue weighted by atomic mass is 9.97. The van der Waals surface area contributed by atoms with Crippen molar-refractivity contribution in [3.63, 3.8) is 0 Å². The Hall–Kier alpha value is -1.51. The van der Waals surface area contributed by atoms with E-state index in [0.717, 1.165) is 12.0 Å². The van der Waals surface area contributed by atoms with Gasteiger partial charge in [-0.3, -0.25) is 0 Å². The van der Waals surface area contributed by atoms with Gasteiger partial charge in [0, 0.05) is 26.4 Å². The molecule has 0 aliphatic heterocycles. The number of hydrogen-bond donors (Lipinski definition) is 1. The lowest BCUT2D eigenvalue weighted by Crippen LogP contribution is -2.12. The van der Waals surface area contributed by atoms with Gasteiger partial charge in [-0.25, -0.2) is 0 Å². The predicted molar refractivity (Wildman–Crippen MR) is 102 cm³/mol. The maximum Gasteiger partial charge on any atom is 0.0858 e. The first-order valence-electron chi connectivity index (χ1n) is 8.00. The van der Waals surface area contributed by atoms with Gasteiger partial charge in [0.05, 0.1) is 5.38 Å². The summed E-state index contributed by atoms with van der Waals surface area (Å²) in [5, 5.41) is 7.76. The molecule has 1 N–H and O–H groups in total. The first-order chi connectivity index (χ1) is 10.9. The number of hydrogen-bond acceptors (Lipinski definition) is 2. The third kappa shape index (κ3) is 5.56. The maximum absolute atomic E-state index is 7.88. The minimum absolute atomic E-state index is 0.113. The molecule has 0 spiro atoms. The van der Waals surface area contributed by atoms with E-state index in [-0.39, 0.29) is 5.38 Å². The van der Waals surface area contributed by atoms with Gasteiger partial charge < -0.3 is 10.0 Å². The Kier molecular flexibility index (Phi) is 8.15. The van der Waals surface area contributed by atoms with E-state index in [9.17, 15) is 0 Å². The Morgan fingerprint density at radius 1 is 1.04 bits per heavy atom. The minimum atomic E-state index is -0.113. The Morgan fingerprint density at radius 2 is 1.65 bits per heavy atom. The molecule has 1 unspecified atom stereocenters. The summed E-state index contributed by atoms with van der Waals surface area (Å²) >= 11 is 6.73. The van der Waals surface area contributed by atoms with Crippen molar-refractivity contribution in [2.24, 2.45) is 0 Å². The number of aliphatic hydroxyl groups excluding tert-OH is 1. The average molecular weight is 334 g/mol. The Morgan fingerprint density at radius 3 is 2.22 bits per heavy atom. The molecule has 0 aliphatic carbocycles. The molecule has 2 nitrogen and oxygen atoms in total. The zero-order chi connectivity index (χ0) is 17.4. The lowest BCUT2D eigenvalue weighted by Gasteiger charge is -2.22. The number of rotatable bonds is 4. The molecule has 0 radical (unpaired) electrons. The van der Waals surface area contributed by atoms with Gasteiger partial charge in [0.15, 0.2) is 0 Å². The number of alkyl halides is 1. The molecule has 2 aromatic carbocycles. The number of para-hydroxylation sites is 1. The summed E-state index contributed by atoms with van der Waals surface area (Å²) in [4.78, 5) is 2.11. The fraction of sp³-hybridized carbons (Fsp3) is 0.400. The number of aliphatic hydroxyl groups is 1. The van der Waals surface area contributed by atoms with Crippen LogP contribution in [-0.4, -0.2) is 25.8 Å². The lowest BCUT2D eigenvalue weighted by molar-refractivity contribution is 0.295. The highest BCUT2D eigenvalue weighted by Crippen LogP contribution is 2.36. The van der Waals surface area contributed by atoms with Crippen molar-refractivity contribution in [3.05, 3.63) is 64.7 Å². The minimum Gasteiger partial charge on any atom is -0.396 e. The van der Waals surface area contributed by atoms with Crippen LogP contribution in [0.2, 0.25) is 0 Å². The number of nitrogens with zero attached hydrogens (tertiary/aromatic N) is 1. The van der Waals surface area contributed by atoms with Gasteiger partial charge in [-0.15, -0.1) is 11.6 Å². The number of aryl methyl sites for hydroxylation is 2. The fourth-order valence-corrected chi connectivity index (χ4v) is 2.73. The van der Waals surface area contributed by atoms with Crippen LogP contribution in [0.25, 0.3) is 0 Å². The molecule has 0 saturated heterocycles. The standard InChI is InChI=1S/C17H20ClN.C3H8O/c1-12-9-10-13(2)15(11-12)17(18)14-7-5-6-8-16(14)19(3)4;1-2-3-4/h5-11,17H,1-4H3;4H,2-3H2,1H3. The van der Waals surface area contributed by atoms with Crippen molar-refractivity contribution in [2.75, 3.05) is 25.6 Å². The Labute approximate surface area is 145 Å². The van der Waals surface area contributed by atoms with Crippen LogP contribution in [0.1, 0.15) is 41.0 Å². The summed E-state index contributed by atoms with van der Waals surface area (Å²) in [6.07, 6.45) is 0.875. The van der Waals surface area contributed by atoms with Gasteiger partial charge >= 0.3 is 0 Å². The van der Waals surface area contributed by atoms with Crippen molar-refractivity contribution >= 4 is 17.3 Å². The Bertz CT molecular complexity index is 608. The first-order valence-corrected chi connectivity index (χ1v) is 8.44. The van der Waals surface area contributed by atoms with Crippen LogP contribution < -0.4 is 4.90 Å². The third-order valence-corrected chi connectivity index (χ3v) is 4.09. The van der Waals surface area contributed by atoms with E-state index >= 15 is 0 Å². The first kappa shape index (κ1) is 19.5. The normalized spacial score (nSPS) is 11.4. The van der Waals surface area contributed by atoms with E-state index in [2.05, 4.69) is 49.1 Å². The van der Waals surface area contributed by atoms with Crippen LogP contribution in [0.15, 0.2) is 42.5 Å². The number of benzene rings is 2. The molecular formula is C20H28ClNO. The highest BCUT2D eigenvalue weighted by Gasteiger charge is 2.17. The van der Waals surface area contributed by atoms with E-state index < -0.39 is 0 Å². The zero-order valence-electron chi connectivity index (χ0n) is 14.8. The topological polar surface area (TPSA) is 23.5 Å². The third-order valence-electron chi connectivity index (χ3n) is 3.62. The molecule has 0 heterocycles.